The van der Waals surface area contributed by atoms with E-state index in [-0.39, 0.29) is 5.69 Å². The number of rotatable bonds is 4. The molecule has 4 aromatic rings. The Morgan fingerprint density at radius 3 is 2.62 bits per heavy atom. The lowest BCUT2D eigenvalue weighted by atomic mass is 9.61. The van der Waals surface area contributed by atoms with Crippen LogP contribution in [0.2, 0.25) is 0 Å². The molecule has 0 amide bonds. The summed E-state index contributed by atoms with van der Waals surface area (Å²) in [5.41, 5.74) is 1.58. The molecule has 0 atom stereocenters. The smallest absolute Gasteiger partial charge is 0.250 e. The van der Waals surface area contributed by atoms with Gasteiger partial charge in [-0.15, -0.1) is 0 Å². The molecule has 3 heterocycles. The monoisotopic (exact) mass is 394 g/mol. The SMILES string of the molecule is Fc1cccnc1C1([CH]c2ccc(-c3ccc4cn[nH]c4c3)nn2)CC(F)(F)C1. The molecule has 1 aromatic carbocycles. The summed E-state index contributed by atoms with van der Waals surface area (Å²) in [7, 11) is 0. The van der Waals surface area contributed by atoms with Crippen molar-refractivity contribution < 1.29 is 13.2 Å². The van der Waals surface area contributed by atoms with Gasteiger partial charge in [-0.1, -0.05) is 12.1 Å². The molecule has 1 radical (unpaired) electrons. The Kier molecular flexibility index (Phi) is 3.90. The van der Waals surface area contributed by atoms with Gasteiger partial charge in [0.25, 0.3) is 0 Å². The van der Waals surface area contributed by atoms with E-state index < -0.39 is 30.0 Å². The molecule has 1 aliphatic carbocycles. The molecule has 29 heavy (non-hydrogen) atoms. The molecule has 5 rings (SSSR count). The van der Waals surface area contributed by atoms with Crippen LogP contribution in [0.15, 0.2) is 54.9 Å². The zero-order valence-corrected chi connectivity index (χ0v) is 15.1. The number of aromatic nitrogens is 5. The summed E-state index contributed by atoms with van der Waals surface area (Å²) in [6.45, 7) is 0. The third kappa shape index (κ3) is 3.14. The number of halogens is 3. The Labute approximate surface area is 164 Å². The van der Waals surface area contributed by atoms with Gasteiger partial charge in [0.05, 0.1) is 28.8 Å². The van der Waals surface area contributed by atoms with Crippen molar-refractivity contribution in [2.75, 3.05) is 0 Å². The third-order valence-corrected chi connectivity index (χ3v) is 5.23. The number of pyridine rings is 1. The lowest BCUT2D eigenvalue weighted by Gasteiger charge is -2.46. The molecule has 1 saturated carbocycles. The molecule has 0 bridgehead atoms. The first-order valence-corrected chi connectivity index (χ1v) is 9.06. The minimum absolute atomic E-state index is 0.0153. The summed E-state index contributed by atoms with van der Waals surface area (Å²) in [5, 5.41) is 16.3. The highest BCUT2D eigenvalue weighted by molar-refractivity contribution is 5.82. The molecule has 5 nitrogen and oxygen atoms in total. The van der Waals surface area contributed by atoms with Crippen molar-refractivity contribution in [1.82, 2.24) is 25.4 Å². The van der Waals surface area contributed by atoms with Gasteiger partial charge in [-0.25, -0.2) is 13.2 Å². The van der Waals surface area contributed by atoms with Crippen LogP contribution in [-0.4, -0.2) is 31.3 Å². The van der Waals surface area contributed by atoms with Gasteiger partial charge in [0.1, 0.15) is 5.82 Å². The van der Waals surface area contributed by atoms with E-state index in [2.05, 4.69) is 25.4 Å². The molecule has 0 aliphatic heterocycles. The van der Waals surface area contributed by atoms with Crippen LogP contribution in [-0.2, 0) is 5.41 Å². The number of nitrogens with one attached hydrogen (secondary N) is 1. The van der Waals surface area contributed by atoms with Crippen LogP contribution in [0.1, 0.15) is 24.2 Å². The predicted octanol–water partition coefficient (Wildman–Crippen LogP) is 4.47. The van der Waals surface area contributed by atoms with Crippen molar-refractivity contribution >= 4 is 10.9 Å². The van der Waals surface area contributed by atoms with Gasteiger partial charge in [0.2, 0.25) is 5.92 Å². The van der Waals surface area contributed by atoms with Crippen LogP contribution >= 0.6 is 0 Å². The molecular formula is C21H15F3N5. The van der Waals surface area contributed by atoms with Crippen LogP contribution in [0.4, 0.5) is 13.2 Å². The van der Waals surface area contributed by atoms with Gasteiger partial charge in [0.15, 0.2) is 0 Å². The maximum Gasteiger partial charge on any atom is 0.250 e. The molecule has 145 valence electrons. The lowest BCUT2D eigenvalue weighted by Crippen LogP contribution is -2.51. The summed E-state index contributed by atoms with van der Waals surface area (Å²) >= 11 is 0. The topological polar surface area (TPSA) is 67.3 Å². The molecular weight excluding hydrogens is 379 g/mol. The van der Waals surface area contributed by atoms with Gasteiger partial charge < -0.3 is 0 Å². The fraction of sp³-hybridized carbons (Fsp3) is 0.190. The van der Waals surface area contributed by atoms with Crippen LogP contribution in [0.3, 0.4) is 0 Å². The van der Waals surface area contributed by atoms with Crippen LogP contribution in [0, 0.1) is 12.2 Å². The van der Waals surface area contributed by atoms with Gasteiger partial charge in [-0.2, -0.15) is 15.3 Å². The molecule has 1 N–H and O–H groups in total. The van der Waals surface area contributed by atoms with Crippen LogP contribution < -0.4 is 0 Å². The molecule has 1 fully saturated rings. The largest absolute Gasteiger partial charge is 0.278 e. The van der Waals surface area contributed by atoms with Crippen molar-refractivity contribution in [2.24, 2.45) is 0 Å². The number of hydrogen-bond acceptors (Lipinski definition) is 4. The maximum absolute atomic E-state index is 14.3. The predicted molar refractivity (Wildman–Crippen MR) is 101 cm³/mol. The zero-order chi connectivity index (χ0) is 20.1. The van der Waals surface area contributed by atoms with E-state index >= 15 is 0 Å². The van der Waals surface area contributed by atoms with E-state index in [0.717, 1.165) is 16.5 Å². The maximum atomic E-state index is 14.3. The first kappa shape index (κ1) is 17.8. The van der Waals surface area contributed by atoms with Crippen molar-refractivity contribution in [3.8, 4) is 11.3 Å². The molecule has 1 aliphatic rings. The van der Waals surface area contributed by atoms with E-state index in [9.17, 15) is 13.2 Å². The lowest BCUT2D eigenvalue weighted by molar-refractivity contribution is -0.117. The van der Waals surface area contributed by atoms with E-state index in [4.69, 9.17) is 0 Å². The summed E-state index contributed by atoms with van der Waals surface area (Å²) < 4.78 is 41.7. The van der Waals surface area contributed by atoms with Gasteiger partial charge in [-0.3, -0.25) is 10.1 Å². The standard InChI is InChI=1S/C21H15F3N5/c22-16-2-1-7-25-19(16)20(11-21(23,24)12-20)9-15-5-6-17(29-27-15)13-3-4-14-10-26-28-18(14)8-13/h1-10H,11-12H2,(H,26,28). The second-order valence-electron chi connectivity index (χ2n) is 7.36. The first-order chi connectivity index (χ1) is 13.9. The van der Waals surface area contributed by atoms with Crippen molar-refractivity contribution in [3.05, 3.63) is 78.5 Å². The van der Waals surface area contributed by atoms with E-state index in [1.54, 1.807) is 24.8 Å². The minimum atomic E-state index is -2.85. The number of benzene rings is 1. The third-order valence-electron chi connectivity index (χ3n) is 5.23. The Balaban J connectivity index is 1.44. The average Bonchev–Trinajstić information content (AvgIpc) is 3.15. The highest BCUT2D eigenvalue weighted by atomic mass is 19.3. The minimum Gasteiger partial charge on any atom is -0.278 e. The van der Waals surface area contributed by atoms with Crippen LogP contribution in [0.5, 0.6) is 0 Å². The highest BCUT2D eigenvalue weighted by Crippen LogP contribution is 2.55. The Bertz CT molecular complexity index is 1180. The second kappa shape index (κ2) is 6.37. The summed E-state index contributed by atoms with van der Waals surface area (Å²) in [6.07, 6.45) is 3.67. The van der Waals surface area contributed by atoms with Crippen LogP contribution in [0.25, 0.3) is 22.2 Å². The average molecular weight is 394 g/mol. The fourth-order valence-corrected chi connectivity index (χ4v) is 3.91. The molecule has 0 unspecified atom stereocenters. The number of alkyl halides is 2. The summed E-state index contributed by atoms with van der Waals surface area (Å²) in [6, 6.07) is 11.9. The quantitative estimate of drug-likeness (QED) is 0.554. The molecule has 8 heteroatoms. The fourth-order valence-electron chi connectivity index (χ4n) is 3.91. The number of fused-ring (bicyclic) bond motifs is 1. The Morgan fingerprint density at radius 2 is 1.90 bits per heavy atom. The summed E-state index contributed by atoms with van der Waals surface area (Å²) in [4.78, 5) is 4.03. The van der Waals surface area contributed by atoms with Crippen molar-refractivity contribution in [3.63, 3.8) is 0 Å². The van der Waals surface area contributed by atoms with E-state index in [0.29, 0.717) is 11.4 Å². The molecule has 0 saturated heterocycles. The van der Waals surface area contributed by atoms with Gasteiger partial charge >= 0.3 is 0 Å². The van der Waals surface area contributed by atoms with E-state index in [1.165, 1.54) is 18.3 Å². The number of nitrogens with zero attached hydrogens (tertiary/aromatic N) is 4. The molecule has 3 aromatic heterocycles. The van der Waals surface area contributed by atoms with Crippen molar-refractivity contribution in [1.29, 1.82) is 0 Å². The normalized spacial score (nSPS) is 17.2. The number of aromatic amines is 1. The van der Waals surface area contributed by atoms with Crippen molar-refractivity contribution in [2.45, 2.75) is 24.2 Å². The Hall–Kier alpha value is -3.29. The zero-order valence-electron chi connectivity index (χ0n) is 15.1. The van der Waals surface area contributed by atoms with Gasteiger partial charge in [0, 0.05) is 41.8 Å². The number of hydrogen-bond donors (Lipinski definition) is 1. The second-order valence-corrected chi connectivity index (χ2v) is 7.36. The number of H-pyrrole nitrogens is 1. The summed E-state index contributed by atoms with van der Waals surface area (Å²) in [5.74, 6) is -3.45. The first-order valence-electron chi connectivity index (χ1n) is 9.06. The molecule has 0 spiro atoms. The highest BCUT2D eigenvalue weighted by Gasteiger charge is 2.59. The van der Waals surface area contributed by atoms with Gasteiger partial charge in [-0.05, 0) is 30.3 Å². The van der Waals surface area contributed by atoms with E-state index in [1.807, 2.05) is 18.2 Å². The Morgan fingerprint density at radius 1 is 1.03 bits per heavy atom.